The van der Waals surface area contributed by atoms with E-state index >= 15 is 0 Å². The van der Waals surface area contributed by atoms with Crippen LogP contribution >= 0.6 is 0 Å². The fourth-order valence-electron chi connectivity index (χ4n) is 3.64. The van der Waals surface area contributed by atoms with Gasteiger partial charge in [0.25, 0.3) is 5.91 Å². The van der Waals surface area contributed by atoms with Crippen molar-refractivity contribution in [1.82, 2.24) is 9.97 Å². The van der Waals surface area contributed by atoms with Gasteiger partial charge >= 0.3 is 0 Å². The van der Waals surface area contributed by atoms with Gasteiger partial charge in [-0.25, -0.2) is 4.98 Å². The number of hydrogen-bond acceptors (Lipinski definition) is 6. The van der Waals surface area contributed by atoms with Gasteiger partial charge in [0.05, 0.1) is 23.0 Å². The molecule has 144 valence electrons. The molecule has 1 saturated carbocycles. The highest BCUT2D eigenvalue weighted by atomic mass is 16.1. The molecule has 7 heteroatoms. The number of aromatic nitrogens is 2. The number of rotatable bonds is 5. The zero-order chi connectivity index (χ0) is 19.5. The van der Waals surface area contributed by atoms with E-state index in [1.165, 1.54) is 0 Å². The standard InChI is InChI=1S/C21H24N6O/c22-16-6-2-4-8-18(16)26-19-10-9-15(20(23)28)21(27-19)25-14-11-13-5-1-3-7-17(13)24-12-14/h1,3,5,7,9-12,16,18H,2,4,6,8,22H2,(H2,23,28)(H2,25,26,27). The quantitative estimate of drug-likeness (QED) is 0.543. The van der Waals surface area contributed by atoms with Crippen molar-refractivity contribution in [1.29, 1.82) is 0 Å². The molecule has 28 heavy (non-hydrogen) atoms. The van der Waals surface area contributed by atoms with E-state index in [0.717, 1.165) is 42.3 Å². The third-order valence-electron chi connectivity index (χ3n) is 5.17. The van der Waals surface area contributed by atoms with Gasteiger partial charge in [-0.15, -0.1) is 0 Å². The van der Waals surface area contributed by atoms with Gasteiger partial charge in [0.2, 0.25) is 0 Å². The Morgan fingerprint density at radius 1 is 1.11 bits per heavy atom. The van der Waals surface area contributed by atoms with Crippen molar-refractivity contribution in [2.24, 2.45) is 11.5 Å². The predicted octanol–water partition coefficient (Wildman–Crippen LogP) is 3.15. The van der Waals surface area contributed by atoms with Crippen LogP contribution in [0.1, 0.15) is 36.0 Å². The second-order valence-electron chi connectivity index (χ2n) is 7.20. The zero-order valence-corrected chi connectivity index (χ0v) is 15.6. The Bertz CT molecular complexity index is 1010. The van der Waals surface area contributed by atoms with E-state index in [9.17, 15) is 4.79 Å². The Balaban J connectivity index is 1.62. The van der Waals surface area contributed by atoms with Gasteiger partial charge in [-0.05, 0) is 37.1 Å². The molecule has 0 bridgehead atoms. The highest BCUT2D eigenvalue weighted by Gasteiger charge is 2.22. The number of nitrogens with zero attached hydrogens (tertiary/aromatic N) is 2. The Kier molecular flexibility index (Phi) is 5.08. The number of nitrogens with two attached hydrogens (primary N) is 2. The van der Waals surface area contributed by atoms with Crippen molar-refractivity contribution in [2.75, 3.05) is 10.6 Å². The summed E-state index contributed by atoms with van der Waals surface area (Å²) < 4.78 is 0. The van der Waals surface area contributed by atoms with E-state index < -0.39 is 5.91 Å². The monoisotopic (exact) mass is 376 g/mol. The van der Waals surface area contributed by atoms with E-state index in [1.54, 1.807) is 18.3 Å². The number of hydrogen-bond donors (Lipinski definition) is 4. The first-order chi connectivity index (χ1) is 13.6. The first-order valence-electron chi connectivity index (χ1n) is 9.55. The molecule has 0 radical (unpaired) electrons. The van der Waals surface area contributed by atoms with Crippen LogP contribution in [0.15, 0.2) is 48.7 Å². The van der Waals surface area contributed by atoms with Crippen LogP contribution < -0.4 is 22.1 Å². The first kappa shape index (κ1) is 18.2. The Labute approximate surface area is 163 Å². The Hall–Kier alpha value is -3.19. The van der Waals surface area contributed by atoms with Crippen LogP contribution in [-0.4, -0.2) is 28.0 Å². The highest BCUT2D eigenvalue weighted by Crippen LogP contribution is 2.25. The van der Waals surface area contributed by atoms with Crippen LogP contribution in [0.25, 0.3) is 10.9 Å². The van der Waals surface area contributed by atoms with Gasteiger partial charge in [-0.2, -0.15) is 0 Å². The van der Waals surface area contributed by atoms with Crippen LogP contribution in [0.2, 0.25) is 0 Å². The molecular formula is C21H24N6O. The Morgan fingerprint density at radius 3 is 2.75 bits per heavy atom. The number of benzene rings is 1. The van der Waals surface area contributed by atoms with E-state index in [4.69, 9.17) is 11.5 Å². The van der Waals surface area contributed by atoms with Crippen LogP contribution in [0.3, 0.4) is 0 Å². The van der Waals surface area contributed by atoms with Crippen molar-refractivity contribution < 1.29 is 4.79 Å². The van der Waals surface area contributed by atoms with Gasteiger partial charge in [-0.3, -0.25) is 9.78 Å². The summed E-state index contributed by atoms with van der Waals surface area (Å²) in [7, 11) is 0. The van der Waals surface area contributed by atoms with E-state index in [1.807, 2.05) is 30.3 Å². The maximum atomic E-state index is 11.9. The van der Waals surface area contributed by atoms with Crippen molar-refractivity contribution in [3.8, 4) is 0 Å². The molecule has 0 spiro atoms. The lowest BCUT2D eigenvalue weighted by atomic mass is 9.91. The first-order valence-corrected chi connectivity index (χ1v) is 9.55. The molecule has 1 aliphatic rings. The molecule has 4 rings (SSSR count). The number of pyridine rings is 2. The topological polar surface area (TPSA) is 119 Å². The van der Waals surface area contributed by atoms with Gasteiger partial charge in [-0.1, -0.05) is 31.0 Å². The molecule has 6 N–H and O–H groups in total. The van der Waals surface area contributed by atoms with Crippen LogP contribution in [0.4, 0.5) is 17.3 Å². The molecule has 1 amide bonds. The molecule has 7 nitrogen and oxygen atoms in total. The van der Waals surface area contributed by atoms with Crippen molar-refractivity contribution in [2.45, 2.75) is 37.8 Å². The summed E-state index contributed by atoms with van der Waals surface area (Å²) in [5.74, 6) is 0.534. The number of para-hydroxylation sites is 1. The fraction of sp³-hybridized carbons (Fsp3) is 0.286. The van der Waals surface area contributed by atoms with Crippen LogP contribution in [0, 0.1) is 0 Å². The lowest BCUT2D eigenvalue weighted by Gasteiger charge is -2.29. The SMILES string of the molecule is NC(=O)c1ccc(NC2CCCCC2N)nc1Nc1cnc2ccccc2c1. The molecule has 0 saturated heterocycles. The normalized spacial score (nSPS) is 19.3. The fourth-order valence-corrected chi connectivity index (χ4v) is 3.64. The lowest BCUT2D eigenvalue weighted by Crippen LogP contribution is -2.42. The number of anilines is 3. The van der Waals surface area contributed by atoms with Gasteiger partial charge in [0.1, 0.15) is 11.6 Å². The summed E-state index contributed by atoms with van der Waals surface area (Å²) in [6, 6.07) is 13.5. The third-order valence-corrected chi connectivity index (χ3v) is 5.17. The lowest BCUT2D eigenvalue weighted by molar-refractivity contribution is 0.100. The molecule has 0 aliphatic heterocycles. The number of carbonyl (C=O) groups excluding carboxylic acids is 1. The molecule has 2 aromatic heterocycles. The van der Waals surface area contributed by atoms with Crippen molar-refractivity contribution in [3.63, 3.8) is 0 Å². The summed E-state index contributed by atoms with van der Waals surface area (Å²) in [5.41, 5.74) is 13.7. The Morgan fingerprint density at radius 2 is 1.93 bits per heavy atom. The number of amides is 1. The third kappa shape index (κ3) is 3.89. The number of primary amides is 1. The molecule has 1 aliphatic carbocycles. The number of fused-ring (bicyclic) bond motifs is 1. The molecule has 2 heterocycles. The largest absolute Gasteiger partial charge is 0.366 e. The second-order valence-corrected chi connectivity index (χ2v) is 7.20. The molecule has 2 unspecified atom stereocenters. The van der Waals surface area contributed by atoms with E-state index in [-0.39, 0.29) is 12.1 Å². The summed E-state index contributed by atoms with van der Waals surface area (Å²) in [5, 5.41) is 7.59. The zero-order valence-electron chi connectivity index (χ0n) is 15.6. The summed E-state index contributed by atoms with van der Waals surface area (Å²) in [6.45, 7) is 0. The average molecular weight is 376 g/mol. The summed E-state index contributed by atoms with van der Waals surface area (Å²) >= 11 is 0. The maximum Gasteiger partial charge on any atom is 0.252 e. The average Bonchev–Trinajstić information content (AvgIpc) is 2.70. The maximum absolute atomic E-state index is 11.9. The van der Waals surface area contributed by atoms with Crippen LogP contribution in [0.5, 0.6) is 0 Å². The minimum absolute atomic E-state index is 0.104. The van der Waals surface area contributed by atoms with Crippen molar-refractivity contribution in [3.05, 3.63) is 54.2 Å². The van der Waals surface area contributed by atoms with E-state index in [0.29, 0.717) is 17.2 Å². The van der Waals surface area contributed by atoms with Gasteiger partial charge in [0, 0.05) is 17.5 Å². The molecular weight excluding hydrogens is 352 g/mol. The smallest absolute Gasteiger partial charge is 0.252 e. The molecule has 2 atom stereocenters. The van der Waals surface area contributed by atoms with Crippen LogP contribution in [-0.2, 0) is 0 Å². The summed E-state index contributed by atoms with van der Waals surface area (Å²) in [4.78, 5) is 20.9. The summed E-state index contributed by atoms with van der Waals surface area (Å²) in [6.07, 6.45) is 6.04. The van der Waals surface area contributed by atoms with E-state index in [2.05, 4.69) is 20.6 Å². The predicted molar refractivity (Wildman–Crippen MR) is 112 cm³/mol. The minimum Gasteiger partial charge on any atom is -0.366 e. The minimum atomic E-state index is -0.537. The number of carbonyl (C=O) groups is 1. The van der Waals surface area contributed by atoms with Gasteiger partial charge < -0.3 is 22.1 Å². The highest BCUT2D eigenvalue weighted by molar-refractivity contribution is 5.98. The van der Waals surface area contributed by atoms with Crippen molar-refractivity contribution >= 4 is 34.1 Å². The molecule has 1 aromatic carbocycles. The second kappa shape index (κ2) is 7.82. The number of nitrogens with one attached hydrogen (secondary N) is 2. The molecule has 3 aromatic rings. The molecule has 1 fully saturated rings. The van der Waals surface area contributed by atoms with Gasteiger partial charge in [0.15, 0.2) is 0 Å².